The van der Waals surface area contributed by atoms with Crippen LogP contribution in [0, 0.1) is 12.7 Å². The number of nitrogens with zero attached hydrogens (tertiary/aromatic N) is 2. The summed E-state index contributed by atoms with van der Waals surface area (Å²) in [4.78, 5) is 17.8. The number of hydrogen-bond donors (Lipinski definition) is 1. The molecule has 0 bridgehead atoms. The lowest BCUT2D eigenvalue weighted by Gasteiger charge is -2.46. The third-order valence-corrected chi connectivity index (χ3v) is 9.39. The highest BCUT2D eigenvalue weighted by molar-refractivity contribution is 7.92. The summed E-state index contributed by atoms with van der Waals surface area (Å²) < 4.78 is 50.7. The summed E-state index contributed by atoms with van der Waals surface area (Å²) in [7, 11) is -2.53. The number of carbonyl (C=O) groups excluding carboxylic acids is 1. The van der Waals surface area contributed by atoms with Crippen LogP contribution in [-0.2, 0) is 16.6 Å². The Kier molecular flexibility index (Phi) is 8.22. The van der Waals surface area contributed by atoms with Gasteiger partial charge in [0, 0.05) is 23.5 Å². The van der Waals surface area contributed by atoms with Gasteiger partial charge in [0.1, 0.15) is 17.7 Å². The number of amides is 1. The lowest BCUT2D eigenvalue weighted by Crippen LogP contribution is -2.50. The Hall–Kier alpha value is -4.86. The van der Waals surface area contributed by atoms with Gasteiger partial charge in [0.15, 0.2) is 0 Å². The number of sulfonamides is 1. The van der Waals surface area contributed by atoms with Crippen LogP contribution in [0.4, 0.5) is 21.5 Å². The summed E-state index contributed by atoms with van der Waals surface area (Å²) in [6.45, 7) is 2.17. The molecule has 45 heavy (non-hydrogen) atoms. The molecule has 1 atom stereocenters. The van der Waals surface area contributed by atoms with Gasteiger partial charge >= 0.3 is 0 Å². The molecule has 10 heteroatoms. The average molecular weight is 642 g/mol. The molecule has 0 saturated carbocycles. The smallest absolute Gasteiger partial charge is 0.262 e. The van der Waals surface area contributed by atoms with Crippen LogP contribution in [0.2, 0.25) is 5.02 Å². The molecular formula is C35H29ClFN3O4S. The van der Waals surface area contributed by atoms with Crippen molar-refractivity contribution in [2.75, 3.05) is 21.6 Å². The predicted octanol–water partition coefficient (Wildman–Crippen LogP) is 7.96. The largest absolute Gasteiger partial charge is 0.497 e. The van der Waals surface area contributed by atoms with Crippen LogP contribution in [0.25, 0.3) is 0 Å². The van der Waals surface area contributed by atoms with Gasteiger partial charge in [0.2, 0.25) is 0 Å². The highest BCUT2D eigenvalue weighted by atomic mass is 35.5. The third kappa shape index (κ3) is 5.96. The molecule has 0 unspecified atom stereocenters. The second kappa shape index (κ2) is 12.3. The maximum atomic E-state index is 15.8. The Morgan fingerprint density at radius 1 is 0.889 bits per heavy atom. The van der Waals surface area contributed by atoms with Crippen LogP contribution in [0.15, 0.2) is 120 Å². The Balaban J connectivity index is 1.55. The topological polar surface area (TPSA) is 78.9 Å². The maximum Gasteiger partial charge on any atom is 0.262 e. The van der Waals surface area contributed by atoms with E-state index in [0.29, 0.717) is 22.8 Å². The molecular weight excluding hydrogens is 613 g/mol. The van der Waals surface area contributed by atoms with E-state index in [9.17, 15) is 13.2 Å². The molecule has 228 valence electrons. The molecule has 0 saturated heterocycles. The number of fused-ring (bicyclic) bond motifs is 1. The van der Waals surface area contributed by atoms with E-state index >= 15 is 4.39 Å². The van der Waals surface area contributed by atoms with Gasteiger partial charge in [-0.25, -0.2) is 12.8 Å². The van der Waals surface area contributed by atoms with Crippen molar-refractivity contribution in [3.63, 3.8) is 0 Å². The zero-order chi connectivity index (χ0) is 31.7. The van der Waals surface area contributed by atoms with E-state index in [2.05, 4.69) is 4.72 Å². The number of methoxy groups -OCH3 is 1. The quantitative estimate of drug-likeness (QED) is 0.186. The first-order valence-electron chi connectivity index (χ1n) is 14.1. The van der Waals surface area contributed by atoms with Gasteiger partial charge < -0.3 is 9.64 Å². The molecule has 0 aliphatic carbocycles. The van der Waals surface area contributed by atoms with Crippen LogP contribution < -0.4 is 19.3 Å². The minimum Gasteiger partial charge on any atom is -0.497 e. The molecule has 5 aromatic carbocycles. The van der Waals surface area contributed by atoms with Crippen molar-refractivity contribution in [1.29, 1.82) is 0 Å². The second-order valence-corrected chi connectivity index (χ2v) is 12.7. The first-order valence-corrected chi connectivity index (χ1v) is 16.0. The maximum absolute atomic E-state index is 15.8. The van der Waals surface area contributed by atoms with E-state index in [0.717, 1.165) is 11.1 Å². The van der Waals surface area contributed by atoms with E-state index in [-0.39, 0.29) is 27.6 Å². The number of anilines is 3. The van der Waals surface area contributed by atoms with E-state index in [1.54, 1.807) is 60.7 Å². The standard InChI is InChI=1S/C35H29ClFN3O4S/c1-23-11-13-25(14-12-23)38-45(42,43)28-19-20-32-29(21-28)35(41)40(26-15-17-27(44-2)18-16-26)34(33-30(36)9-6-10-31(33)37)39(32)22-24-7-4-3-5-8-24/h3-21,34,38H,22H2,1-2H3/t34-/m0/s1. The molecule has 1 aliphatic heterocycles. The van der Waals surface area contributed by atoms with Crippen molar-refractivity contribution in [2.45, 2.75) is 24.5 Å². The zero-order valence-corrected chi connectivity index (χ0v) is 26.0. The van der Waals surface area contributed by atoms with E-state index in [1.165, 1.54) is 36.3 Å². The Bertz CT molecular complexity index is 1950. The molecule has 0 radical (unpaired) electrons. The molecule has 0 spiro atoms. The van der Waals surface area contributed by atoms with Gasteiger partial charge in [-0.1, -0.05) is 65.7 Å². The number of hydrogen-bond acceptors (Lipinski definition) is 5. The molecule has 0 aromatic heterocycles. The fourth-order valence-electron chi connectivity index (χ4n) is 5.45. The highest BCUT2D eigenvalue weighted by Crippen LogP contribution is 2.45. The van der Waals surface area contributed by atoms with Crippen LogP contribution in [-0.4, -0.2) is 21.4 Å². The fourth-order valence-corrected chi connectivity index (χ4v) is 6.79. The second-order valence-electron chi connectivity index (χ2n) is 10.6. The minimum atomic E-state index is -4.07. The summed E-state index contributed by atoms with van der Waals surface area (Å²) >= 11 is 6.67. The van der Waals surface area contributed by atoms with Crippen LogP contribution in [0.1, 0.15) is 33.2 Å². The van der Waals surface area contributed by atoms with Gasteiger partial charge in [-0.15, -0.1) is 0 Å². The number of carbonyl (C=O) groups is 1. The Morgan fingerprint density at radius 3 is 2.27 bits per heavy atom. The molecule has 6 rings (SSSR count). The molecule has 1 N–H and O–H groups in total. The molecule has 1 heterocycles. The lowest BCUT2D eigenvalue weighted by atomic mass is 9.98. The highest BCUT2D eigenvalue weighted by Gasteiger charge is 2.42. The van der Waals surface area contributed by atoms with E-state index in [4.69, 9.17) is 16.3 Å². The number of benzene rings is 5. The zero-order valence-electron chi connectivity index (χ0n) is 24.4. The van der Waals surface area contributed by atoms with Crippen molar-refractivity contribution < 1.29 is 22.3 Å². The average Bonchev–Trinajstić information content (AvgIpc) is 3.04. The van der Waals surface area contributed by atoms with Crippen LogP contribution in [0.5, 0.6) is 5.75 Å². The first-order chi connectivity index (χ1) is 21.7. The number of ether oxygens (including phenoxy) is 1. The summed E-state index contributed by atoms with van der Waals surface area (Å²) in [5.74, 6) is -0.529. The van der Waals surface area contributed by atoms with Gasteiger partial charge in [-0.05, 0) is 79.2 Å². The van der Waals surface area contributed by atoms with E-state index in [1.807, 2.05) is 42.2 Å². The van der Waals surface area contributed by atoms with Gasteiger partial charge in [-0.3, -0.25) is 14.4 Å². The number of nitrogens with one attached hydrogen (secondary N) is 1. The number of rotatable bonds is 8. The van der Waals surface area contributed by atoms with Gasteiger partial charge in [0.05, 0.1) is 28.3 Å². The summed E-state index contributed by atoms with van der Waals surface area (Å²) in [6, 6.07) is 32.1. The van der Waals surface area contributed by atoms with Crippen LogP contribution >= 0.6 is 11.6 Å². The SMILES string of the molecule is COc1ccc(N2C(=O)c3cc(S(=O)(=O)Nc4ccc(C)cc4)ccc3N(Cc3ccccc3)[C@@H]2c2c(F)cccc2Cl)cc1. The van der Waals surface area contributed by atoms with Crippen molar-refractivity contribution in [3.8, 4) is 5.75 Å². The predicted molar refractivity (Wildman–Crippen MR) is 175 cm³/mol. The molecule has 1 aliphatic rings. The first kappa shape index (κ1) is 30.2. The molecule has 0 fully saturated rings. The van der Waals surface area contributed by atoms with Crippen molar-refractivity contribution >= 4 is 44.6 Å². The normalized spacial score (nSPS) is 14.7. The number of halogens is 2. The fraction of sp³-hybridized carbons (Fsp3) is 0.114. The lowest BCUT2D eigenvalue weighted by molar-refractivity contribution is 0.0967. The molecule has 1 amide bonds. The molecule has 5 aromatic rings. The number of aryl methyl sites for hydroxylation is 1. The molecule has 7 nitrogen and oxygen atoms in total. The van der Waals surface area contributed by atoms with Crippen LogP contribution in [0.3, 0.4) is 0 Å². The van der Waals surface area contributed by atoms with Crippen molar-refractivity contribution in [1.82, 2.24) is 0 Å². The van der Waals surface area contributed by atoms with Crippen molar-refractivity contribution in [3.05, 3.63) is 148 Å². The minimum absolute atomic E-state index is 0.0908. The summed E-state index contributed by atoms with van der Waals surface area (Å²) in [5, 5.41) is 0.148. The Labute approximate surface area is 266 Å². The van der Waals surface area contributed by atoms with Gasteiger partial charge in [0.25, 0.3) is 15.9 Å². The summed E-state index contributed by atoms with van der Waals surface area (Å²) in [5.41, 5.74) is 3.40. The Morgan fingerprint density at radius 2 is 1.60 bits per heavy atom. The van der Waals surface area contributed by atoms with Crippen molar-refractivity contribution in [2.24, 2.45) is 0 Å². The summed E-state index contributed by atoms with van der Waals surface area (Å²) in [6.07, 6.45) is -1.01. The monoisotopic (exact) mass is 641 g/mol. The van der Waals surface area contributed by atoms with Gasteiger partial charge in [-0.2, -0.15) is 0 Å². The third-order valence-electron chi connectivity index (χ3n) is 7.68. The van der Waals surface area contributed by atoms with E-state index < -0.39 is 27.9 Å².